The molecule has 1 aliphatic heterocycles. The molecule has 1 atom stereocenters. The topological polar surface area (TPSA) is 48.1 Å². The van der Waals surface area contributed by atoms with Crippen molar-refractivity contribution in [3.05, 3.63) is 88.7 Å². The number of esters is 1. The van der Waals surface area contributed by atoms with Crippen LogP contribution in [0.3, 0.4) is 0 Å². The monoisotopic (exact) mass is 482 g/mol. The highest BCUT2D eigenvalue weighted by atomic mass is 19.2. The zero-order valence-electron chi connectivity index (χ0n) is 19.2. The van der Waals surface area contributed by atoms with Crippen molar-refractivity contribution >= 4 is 5.97 Å². The molecule has 1 unspecified atom stereocenters. The number of epoxide rings is 1. The lowest BCUT2D eigenvalue weighted by molar-refractivity contribution is 0.0189. The van der Waals surface area contributed by atoms with E-state index in [0.717, 1.165) is 5.56 Å². The minimum absolute atomic E-state index is 0.0497. The fourth-order valence-corrected chi connectivity index (χ4v) is 4.72. The maximum Gasteiger partial charge on any atom is 0.341 e. The van der Waals surface area contributed by atoms with E-state index in [1.165, 1.54) is 19.2 Å². The molecule has 1 heterocycles. The smallest absolute Gasteiger partial charge is 0.341 e. The summed E-state index contributed by atoms with van der Waals surface area (Å²) in [7, 11) is 1.52. The molecule has 0 radical (unpaired) electrons. The molecule has 0 spiro atoms. The Bertz CT molecular complexity index is 1230. The molecule has 0 bridgehead atoms. The molecular weight excluding hydrogens is 457 g/mol. The number of ether oxygens (including phenoxy) is 3. The van der Waals surface area contributed by atoms with E-state index in [0.29, 0.717) is 49.2 Å². The van der Waals surface area contributed by atoms with Crippen molar-refractivity contribution in [2.75, 3.05) is 13.7 Å². The summed E-state index contributed by atoms with van der Waals surface area (Å²) in [5, 5.41) is 0. The van der Waals surface area contributed by atoms with Crippen LogP contribution in [0.15, 0.2) is 54.6 Å². The molecule has 2 fully saturated rings. The first-order chi connectivity index (χ1) is 16.9. The van der Waals surface area contributed by atoms with Crippen molar-refractivity contribution in [1.82, 2.24) is 0 Å². The lowest BCUT2D eigenvalue weighted by Gasteiger charge is -2.28. The van der Waals surface area contributed by atoms with Crippen molar-refractivity contribution < 1.29 is 32.2 Å². The van der Waals surface area contributed by atoms with Crippen molar-refractivity contribution in [2.24, 2.45) is 0 Å². The van der Waals surface area contributed by atoms with Gasteiger partial charge in [-0.2, -0.15) is 0 Å². The van der Waals surface area contributed by atoms with Crippen LogP contribution in [0.4, 0.5) is 13.2 Å². The third-order valence-corrected chi connectivity index (χ3v) is 6.83. The molecule has 182 valence electrons. The van der Waals surface area contributed by atoms with Crippen LogP contribution >= 0.6 is 0 Å². The van der Waals surface area contributed by atoms with E-state index in [1.54, 1.807) is 36.4 Å². The summed E-state index contributed by atoms with van der Waals surface area (Å²) in [5.41, 5.74) is 1.59. The van der Waals surface area contributed by atoms with Crippen LogP contribution in [-0.4, -0.2) is 25.8 Å². The van der Waals surface area contributed by atoms with Gasteiger partial charge in [-0.3, -0.25) is 0 Å². The fourth-order valence-electron chi connectivity index (χ4n) is 4.72. The zero-order valence-corrected chi connectivity index (χ0v) is 19.2. The van der Waals surface area contributed by atoms with Gasteiger partial charge >= 0.3 is 5.97 Å². The van der Waals surface area contributed by atoms with Crippen LogP contribution in [0.5, 0.6) is 5.75 Å². The molecular formula is C28H25F3O4. The van der Waals surface area contributed by atoms with Crippen molar-refractivity contribution in [3.8, 4) is 16.9 Å². The highest BCUT2D eigenvalue weighted by molar-refractivity contribution is 5.90. The van der Waals surface area contributed by atoms with Gasteiger partial charge in [0.2, 0.25) is 0 Å². The van der Waals surface area contributed by atoms with Crippen LogP contribution in [0.2, 0.25) is 0 Å². The second-order valence-corrected chi connectivity index (χ2v) is 9.00. The Balaban J connectivity index is 1.21. The number of carbonyl (C=O) groups is 1. The molecule has 7 heteroatoms. The van der Waals surface area contributed by atoms with Crippen molar-refractivity contribution in [2.45, 2.75) is 43.8 Å². The van der Waals surface area contributed by atoms with Gasteiger partial charge in [0.15, 0.2) is 11.6 Å². The van der Waals surface area contributed by atoms with Crippen LogP contribution in [0, 0.1) is 17.5 Å². The predicted octanol–water partition coefficient (Wildman–Crippen LogP) is 6.73. The van der Waals surface area contributed by atoms with E-state index in [9.17, 15) is 18.0 Å². The Morgan fingerprint density at radius 2 is 1.63 bits per heavy atom. The third kappa shape index (κ3) is 4.91. The second-order valence-electron chi connectivity index (χ2n) is 9.00. The van der Waals surface area contributed by atoms with Gasteiger partial charge < -0.3 is 14.2 Å². The number of hydrogen-bond acceptors (Lipinski definition) is 4. The summed E-state index contributed by atoms with van der Waals surface area (Å²) in [4.78, 5) is 12.6. The van der Waals surface area contributed by atoms with Crippen LogP contribution in [0.1, 0.15) is 59.2 Å². The highest BCUT2D eigenvalue weighted by Crippen LogP contribution is 2.38. The Morgan fingerprint density at radius 3 is 2.26 bits per heavy atom. The van der Waals surface area contributed by atoms with Gasteiger partial charge in [0, 0.05) is 11.1 Å². The number of halogens is 3. The molecule has 35 heavy (non-hydrogen) atoms. The molecule has 0 N–H and O–H groups in total. The summed E-state index contributed by atoms with van der Waals surface area (Å²) < 4.78 is 59.6. The Kier molecular flexibility index (Phi) is 6.52. The van der Waals surface area contributed by atoms with E-state index >= 15 is 0 Å². The number of hydrogen-bond donors (Lipinski definition) is 0. The molecule has 5 rings (SSSR count). The summed E-state index contributed by atoms with van der Waals surface area (Å²) >= 11 is 0. The molecule has 3 aromatic carbocycles. The normalized spacial score (nSPS) is 21.4. The van der Waals surface area contributed by atoms with Crippen LogP contribution in [0.25, 0.3) is 11.1 Å². The highest BCUT2D eigenvalue weighted by Gasteiger charge is 2.30. The number of rotatable bonds is 6. The average Bonchev–Trinajstić information content (AvgIpc) is 3.71. The van der Waals surface area contributed by atoms with Crippen LogP contribution < -0.4 is 4.74 Å². The van der Waals surface area contributed by atoms with Gasteiger partial charge in [-0.05, 0) is 67.0 Å². The number of carbonyl (C=O) groups excluding carboxylic acids is 1. The average molecular weight is 482 g/mol. The second kappa shape index (κ2) is 9.74. The minimum Gasteiger partial charge on any atom is -0.497 e. The van der Waals surface area contributed by atoms with E-state index in [-0.39, 0.29) is 23.4 Å². The molecule has 1 saturated carbocycles. The first kappa shape index (κ1) is 23.4. The van der Waals surface area contributed by atoms with Crippen molar-refractivity contribution in [1.29, 1.82) is 0 Å². The van der Waals surface area contributed by atoms with Crippen molar-refractivity contribution in [3.63, 3.8) is 0 Å². The van der Waals surface area contributed by atoms with Gasteiger partial charge in [-0.25, -0.2) is 18.0 Å². The molecule has 1 aliphatic carbocycles. The largest absolute Gasteiger partial charge is 0.497 e. The lowest BCUT2D eigenvalue weighted by Crippen LogP contribution is -2.24. The quantitative estimate of drug-likeness (QED) is 0.289. The molecule has 0 aromatic heterocycles. The maximum atomic E-state index is 14.8. The summed E-state index contributed by atoms with van der Waals surface area (Å²) in [5.74, 6) is -2.71. The maximum absolute atomic E-state index is 14.8. The standard InChI is InChI=1S/C28H25F3O4/c1-33-19-7-4-17(5-8-19)21-12-13-23(27(31)26(21)30)28(32)35-20-9-2-16(3-10-20)18-6-11-22(24(29)14-18)25-15-34-25/h4-8,11-14,16,20,25H,2-3,9-10,15H2,1H3. The SMILES string of the molecule is COc1ccc(-c2ccc(C(=O)OC3CCC(c4ccc(C5CO5)c(F)c4)CC3)c(F)c2F)cc1. The Labute approximate surface area is 201 Å². The lowest BCUT2D eigenvalue weighted by atomic mass is 9.82. The third-order valence-electron chi connectivity index (χ3n) is 6.83. The molecule has 4 nitrogen and oxygen atoms in total. The first-order valence-electron chi connectivity index (χ1n) is 11.7. The minimum atomic E-state index is -1.23. The Hall–Kier alpha value is -3.32. The van der Waals surface area contributed by atoms with Gasteiger partial charge in [-0.15, -0.1) is 0 Å². The number of benzene rings is 3. The van der Waals surface area contributed by atoms with Gasteiger partial charge in [0.05, 0.1) is 19.3 Å². The predicted molar refractivity (Wildman–Crippen MR) is 124 cm³/mol. The first-order valence-corrected chi connectivity index (χ1v) is 11.7. The molecule has 2 aliphatic rings. The summed E-state index contributed by atoms with van der Waals surface area (Å²) in [6, 6.07) is 14.4. The molecule has 1 saturated heterocycles. The van der Waals surface area contributed by atoms with E-state index in [4.69, 9.17) is 14.2 Å². The van der Waals surface area contributed by atoms with E-state index in [1.807, 2.05) is 6.07 Å². The van der Waals surface area contributed by atoms with Gasteiger partial charge in [0.25, 0.3) is 0 Å². The fraction of sp³-hybridized carbons (Fsp3) is 0.321. The van der Waals surface area contributed by atoms with E-state index in [2.05, 4.69) is 0 Å². The zero-order chi connectivity index (χ0) is 24.5. The van der Waals surface area contributed by atoms with Gasteiger partial charge in [0.1, 0.15) is 23.8 Å². The molecule has 3 aromatic rings. The van der Waals surface area contributed by atoms with Gasteiger partial charge in [-0.1, -0.05) is 30.3 Å². The van der Waals surface area contributed by atoms with E-state index < -0.39 is 29.3 Å². The summed E-state index contributed by atoms with van der Waals surface area (Å²) in [6.07, 6.45) is 2.04. The summed E-state index contributed by atoms with van der Waals surface area (Å²) in [6.45, 7) is 0.557. The molecule has 0 amide bonds. The van der Waals surface area contributed by atoms with Crippen LogP contribution in [-0.2, 0) is 9.47 Å². The Morgan fingerprint density at radius 1 is 0.914 bits per heavy atom. The number of methoxy groups -OCH3 is 1.